The highest BCUT2D eigenvalue weighted by Crippen LogP contribution is 2.16. The fourth-order valence-corrected chi connectivity index (χ4v) is 2.60. The Kier molecular flexibility index (Phi) is 4.57. The summed E-state index contributed by atoms with van der Waals surface area (Å²) in [5.41, 5.74) is 0. The number of hydrogen-bond donors (Lipinski definition) is 0. The first kappa shape index (κ1) is 12.6. The van der Waals surface area contributed by atoms with Crippen LogP contribution in [0.4, 0.5) is 0 Å². The lowest BCUT2D eigenvalue weighted by atomic mass is 10.0. The molecule has 2 fully saturated rings. The van der Waals surface area contributed by atoms with Crippen molar-refractivity contribution in [3.8, 4) is 0 Å². The number of carbonyl (C=O) groups is 1. The third-order valence-corrected chi connectivity index (χ3v) is 3.63. The van der Waals surface area contributed by atoms with Crippen LogP contribution in [0.2, 0.25) is 0 Å². The van der Waals surface area contributed by atoms with E-state index >= 15 is 0 Å². The molecule has 2 rings (SSSR count). The minimum absolute atomic E-state index is 0.0608. The number of amides is 1. The molecule has 0 aromatic heterocycles. The molecule has 2 aliphatic rings. The van der Waals surface area contributed by atoms with Crippen LogP contribution in [-0.4, -0.2) is 61.6 Å². The summed E-state index contributed by atoms with van der Waals surface area (Å²) >= 11 is 0. The van der Waals surface area contributed by atoms with Crippen LogP contribution in [0.1, 0.15) is 12.8 Å². The fraction of sp³-hybridized carbons (Fsp3) is 0.769. The second-order valence-corrected chi connectivity index (χ2v) is 4.91. The van der Waals surface area contributed by atoms with Gasteiger partial charge in [-0.3, -0.25) is 9.69 Å². The molecule has 0 N–H and O–H groups in total. The highest BCUT2D eigenvalue weighted by molar-refractivity contribution is 5.87. The summed E-state index contributed by atoms with van der Waals surface area (Å²) < 4.78 is 5.50. The lowest BCUT2D eigenvalue weighted by Crippen LogP contribution is -2.49. The number of ether oxygens (including phenoxy) is 1. The van der Waals surface area contributed by atoms with Gasteiger partial charge >= 0.3 is 0 Å². The van der Waals surface area contributed by atoms with Crippen LogP contribution < -0.4 is 0 Å². The van der Waals surface area contributed by atoms with Gasteiger partial charge in [0.05, 0.1) is 6.61 Å². The van der Waals surface area contributed by atoms with Crippen LogP contribution in [0.25, 0.3) is 0 Å². The van der Waals surface area contributed by atoms with Gasteiger partial charge < -0.3 is 9.64 Å². The van der Waals surface area contributed by atoms with Crippen LogP contribution in [0.3, 0.4) is 0 Å². The van der Waals surface area contributed by atoms with E-state index in [0.717, 1.165) is 45.9 Å². The van der Waals surface area contributed by atoms with E-state index in [1.54, 1.807) is 0 Å². The second-order valence-electron chi connectivity index (χ2n) is 4.91. The first-order valence-electron chi connectivity index (χ1n) is 6.51. The van der Waals surface area contributed by atoms with Crippen molar-refractivity contribution in [3.63, 3.8) is 0 Å². The number of carbonyl (C=O) groups excluding carboxylic acids is 1. The van der Waals surface area contributed by atoms with Crippen molar-refractivity contribution in [1.29, 1.82) is 0 Å². The number of nitrogens with zero attached hydrogens (tertiary/aromatic N) is 2. The number of piperazine rings is 1. The zero-order valence-corrected chi connectivity index (χ0v) is 10.4. The van der Waals surface area contributed by atoms with E-state index in [1.807, 2.05) is 4.90 Å². The molecule has 4 nitrogen and oxygen atoms in total. The van der Waals surface area contributed by atoms with Crippen molar-refractivity contribution in [1.82, 2.24) is 9.80 Å². The molecular weight excluding hydrogens is 216 g/mol. The largest absolute Gasteiger partial charge is 0.381 e. The number of rotatable bonds is 3. The van der Waals surface area contributed by atoms with E-state index < -0.39 is 0 Å². The molecule has 0 radical (unpaired) electrons. The van der Waals surface area contributed by atoms with Gasteiger partial charge in [-0.15, -0.1) is 0 Å². The lowest BCUT2D eigenvalue weighted by molar-refractivity contribution is -0.127. The van der Waals surface area contributed by atoms with E-state index in [1.165, 1.54) is 18.9 Å². The van der Waals surface area contributed by atoms with Crippen molar-refractivity contribution in [2.75, 3.05) is 45.9 Å². The maximum atomic E-state index is 11.4. The highest BCUT2D eigenvalue weighted by atomic mass is 16.5. The van der Waals surface area contributed by atoms with Crippen molar-refractivity contribution < 1.29 is 9.53 Å². The van der Waals surface area contributed by atoms with Crippen molar-refractivity contribution >= 4 is 5.91 Å². The molecule has 0 aromatic rings. The Labute approximate surface area is 103 Å². The first-order valence-corrected chi connectivity index (χ1v) is 6.51. The molecule has 17 heavy (non-hydrogen) atoms. The molecule has 4 heteroatoms. The summed E-state index contributed by atoms with van der Waals surface area (Å²) in [5, 5.41) is 0. The predicted octanol–water partition coefficient (Wildman–Crippen LogP) is 0.743. The van der Waals surface area contributed by atoms with Gasteiger partial charge in [0, 0.05) is 39.3 Å². The standard InChI is InChI=1S/C13H22N2O2/c1-2-13(16)15-7-5-14(6-8-15)10-12-4-3-9-17-11-12/h2,12H,1,3-11H2. The third kappa shape index (κ3) is 3.54. The first-order chi connectivity index (χ1) is 8.29. The molecule has 0 aromatic carbocycles. The topological polar surface area (TPSA) is 32.8 Å². The summed E-state index contributed by atoms with van der Waals surface area (Å²) in [4.78, 5) is 15.8. The van der Waals surface area contributed by atoms with Crippen molar-refractivity contribution in [3.05, 3.63) is 12.7 Å². The normalized spacial score (nSPS) is 26.8. The summed E-state index contributed by atoms with van der Waals surface area (Å²) in [6.45, 7) is 10.1. The van der Waals surface area contributed by atoms with Gasteiger partial charge in [-0.25, -0.2) is 0 Å². The molecular formula is C13H22N2O2. The Morgan fingerprint density at radius 1 is 1.35 bits per heavy atom. The van der Waals surface area contributed by atoms with Gasteiger partial charge in [-0.2, -0.15) is 0 Å². The van der Waals surface area contributed by atoms with Gasteiger partial charge in [0.15, 0.2) is 0 Å². The zero-order chi connectivity index (χ0) is 12.1. The average Bonchev–Trinajstić information content (AvgIpc) is 2.40. The molecule has 0 aliphatic carbocycles. The van der Waals surface area contributed by atoms with E-state index in [-0.39, 0.29) is 5.91 Å². The molecule has 0 spiro atoms. The minimum Gasteiger partial charge on any atom is -0.381 e. The van der Waals surface area contributed by atoms with Crippen LogP contribution >= 0.6 is 0 Å². The maximum absolute atomic E-state index is 11.4. The molecule has 96 valence electrons. The Hall–Kier alpha value is -0.870. The fourth-order valence-electron chi connectivity index (χ4n) is 2.60. The van der Waals surface area contributed by atoms with Crippen LogP contribution in [-0.2, 0) is 9.53 Å². The summed E-state index contributed by atoms with van der Waals surface area (Å²) in [6, 6.07) is 0. The van der Waals surface area contributed by atoms with Gasteiger partial charge in [-0.05, 0) is 24.8 Å². The SMILES string of the molecule is C=CC(=O)N1CCN(CC2CCCOC2)CC1. The van der Waals surface area contributed by atoms with E-state index in [9.17, 15) is 4.79 Å². The smallest absolute Gasteiger partial charge is 0.246 e. The zero-order valence-electron chi connectivity index (χ0n) is 10.4. The summed E-state index contributed by atoms with van der Waals surface area (Å²) in [7, 11) is 0. The molecule has 2 aliphatic heterocycles. The molecule has 2 saturated heterocycles. The Morgan fingerprint density at radius 2 is 2.12 bits per heavy atom. The Bertz CT molecular complexity index is 267. The van der Waals surface area contributed by atoms with E-state index in [0.29, 0.717) is 5.92 Å². The number of hydrogen-bond acceptors (Lipinski definition) is 3. The Balaban J connectivity index is 1.71. The van der Waals surface area contributed by atoms with Crippen LogP contribution in [0.5, 0.6) is 0 Å². The van der Waals surface area contributed by atoms with Crippen LogP contribution in [0, 0.1) is 5.92 Å². The monoisotopic (exact) mass is 238 g/mol. The van der Waals surface area contributed by atoms with Gasteiger partial charge in [0.25, 0.3) is 0 Å². The molecule has 2 heterocycles. The molecule has 0 saturated carbocycles. The lowest BCUT2D eigenvalue weighted by Gasteiger charge is -2.36. The van der Waals surface area contributed by atoms with E-state index in [4.69, 9.17) is 4.74 Å². The van der Waals surface area contributed by atoms with Gasteiger partial charge in [0.2, 0.25) is 5.91 Å². The summed E-state index contributed by atoms with van der Waals surface area (Å²) in [5.74, 6) is 0.746. The second kappa shape index (κ2) is 6.17. The molecule has 0 bridgehead atoms. The third-order valence-electron chi connectivity index (χ3n) is 3.63. The van der Waals surface area contributed by atoms with Gasteiger partial charge in [-0.1, -0.05) is 6.58 Å². The molecule has 1 atom stereocenters. The van der Waals surface area contributed by atoms with Crippen molar-refractivity contribution in [2.24, 2.45) is 5.92 Å². The van der Waals surface area contributed by atoms with Crippen molar-refractivity contribution in [2.45, 2.75) is 12.8 Å². The van der Waals surface area contributed by atoms with Crippen LogP contribution in [0.15, 0.2) is 12.7 Å². The highest BCUT2D eigenvalue weighted by Gasteiger charge is 2.22. The van der Waals surface area contributed by atoms with E-state index in [2.05, 4.69) is 11.5 Å². The summed E-state index contributed by atoms with van der Waals surface area (Å²) in [6.07, 6.45) is 3.88. The predicted molar refractivity (Wildman–Crippen MR) is 66.8 cm³/mol. The minimum atomic E-state index is 0.0608. The van der Waals surface area contributed by atoms with Gasteiger partial charge in [0.1, 0.15) is 0 Å². The molecule has 1 amide bonds. The molecule has 1 unspecified atom stereocenters. The average molecular weight is 238 g/mol. The maximum Gasteiger partial charge on any atom is 0.246 e. The quantitative estimate of drug-likeness (QED) is 0.680. The Morgan fingerprint density at radius 3 is 2.71 bits per heavy atom.